The molecule has 0 bridgehead atoms. The molecule has 2 fully saturated rings. The Bertz CT molecular complexity index is 1010. The summed E-state index contributed by atoms with van der Waals surface area (Å²) in [5, 5.41) is 15.4. The van der Waals surface area contributed by atoms with E-state index in [1.165, 1.54) is 0 Å². The zero-order valence-corrected chi connectivity index (χ0v) is 19.1. The van der Waals surface area contributed by atoms with Gasteiger partial charge in [0.2, 0.25) is 11.8 Å². The molecule has 33 heavy (non-hydrogen) atoms. The van der Waals surface area contributed by atoms with Crippen molar-refractivity contribution < 1.29 is 19.1 Å². The first-order chi connectivity index (χ1) is 16.0. The molecule has 0 spiro atoms. The maximum Gasteiger partial charge on any atom is 0.248 e. The van der Waals surface area contributed by atoms with E-state index in [0.29, 0.717) is 37.3 Å². The van der Waals surface area contributed by atoms with Crippen molar-refractivity contribution in [2.45, 2.75) is 57.4 Å². The lowest BCUT2D eigenvalue weighted by Crippen LogP contribution is -2.43. The molecule has 1 aromatic carbocycles. The number of benzene rings is 1. The Labute approximate surface area is 194 Å². The molecular formula is C26H31N3O4. The smallest absolute Gasteiger partial charge is 0.248 e. The molecule has 2 N–H and O–H groups in total. The van der Waals surface area contributed by atoms with E-state index in [2.05, 4.69) is 16.7 Å². The van der Waals surface area contributed by atoms with Gasteiger partial charge < -0.3 is 15.4 Å². The number of Topliss-reactive ketones (excluding diaryl/α,β-unsaturated/α-hetero) is 1. The standard InChI is InChI=1S/C26H31N3O4/c1-33-24-6-2-4-18-13-20(14-21(18)24)26(32)29-22(11-16-7-8-16)23(30)12-17(15-27)10-19-5-3-9-28-25(19)31/h2,4,6,14,16-17,19,22H,3,5,7-13H2,1H3,(H,28,31)(H,29,32). The fourth-order valence-electron chi connectivity index (χ4n) is 4.84. The van der Waals surface area contributed by atoms with Crippen molar-refractivity contribution in [3.8, 4) is 11.8 Å². The van der Waals surface area contributed by atoms with Gasteiger partial charge in [0.15, 0.2) is 5.78 Å². The molecule has 1 saturated carbocycles. The molecule has 1 heterocycles. The Morgan fingerprint density at radius 1 is 1.27 bits per heavy atom. The predicted molar refractivity (Wildman–Crippen MR) is 123 cm³/mol. The lowest BCUT2D eigenvalue weighted by molar-refractivity contribution is -0.128. The molecule has 1 saturated heterocycles. The summed E-state index contributed by atoms with van der Waals surface area (Å²) in [7, 11) is 1.61. The van der Waals surface area contributed by atoms with Crippen molar-refractivity contribution in [3.05, 3.63) is 34.9 Å². The highest BCUT2D eigenvalue weighted by Crippen LogP contribution is 2.35. The molecule has 174 valence electrons. The number of nitrogens with one attached hydrogen (secondary N) is 2. The van der Waals surface area contributed by atoms with Gasteiger partial charge in [-0.05, 0) is 49.3 Å². The summed E-state index contributed by atoms with van der Waals surface area (Å²) < 4.78 is 5.40. The molecule has 0 aromatic heterocycles. The van der Waals surface area contributed by atoms with Gasteiger partial charge in [0.25, 0.3) is 0 Å². The number of piperidine rings is 1. The summed E-state index contributed by atoms with van der Waals surface area (Å²) in [5.41, 5.74) is 2.55. The quantitative estimate of drug-likeness (QED) is 0.571. The van der Waals surface area contributed by atoms with Crippen LogP contribution < -0.4 is 15.4 Å². The van der Waals surface area contributed by atoms with Crippen molar-refractivity contribution in [1.82, 2.24) is 10.6 Å². The van der Waals surface area contributed by atoms with Crippen LogP contribution in [0, 0.1) is 29.1 Å². The van der Waals surface area contributed by atoms with E-state index in [1.54, 1.807) is 7.11 Å². The summed E-state index contributed by atoms with van der Waals surface area (Å²) in [6, 6.07) is 7.36. The van der Waals surface area contributed by atoms with Gasteiger partial charge >= 0.3 is 0 Å². The maximum absolute atomic E-state index is 13.2. The Morgan fingerprint density at radius 2 is 2.09 bits per heavy atom. The summed E-state index contributed by atoms with van der Waals surface area (Å²) in [5.74, 6) is 0.0383. The number of fused-ring (bicyclic) bond motifs is 1. The van der Waals surface area contributed by atoms with Crippen LogP contribution >= 0.6 is 0 Å². The van der Waals surface area contributed by atoms with Gasteiger partial charge in [-0.2, -0.15) is 5.26 Å². The summed E-state index contributed by atoms with van der Waals surface area (Å²) >= 11 is 0. The minimum Gasteiger partial charge on any atom is -0.496 e. The number of carbonyl (C=O) groups is 3. The monoisotopic (exact) mass is 449 g/mol. The van der Waals surface area contributed by atoms with E-state index in [1.807, 2.05) is 24.3 Å². The van der Waals surface area contributed by atoms with Gasteiger partial charge in [0.1, 0.15) is 5.75 Å². The highest BCUT2D eigenvalue weighted by Gasteiger charge is 2.34. The number of nitrogens with zero attached hydrogens (tertiary/aromatic N) is 1. The van der Waals surface area contributed by atoms with Gasteiger partial charge in [-0.15, -0.1) is 0 Å². The third-order valence-corrected chi connectivity index (χ3v) is 6.93. The van der Waals surface area contributed by atoms with Gasteiger partial charge in [-0.25, -0.2) is 0 Å². The van der Waals surface area contributed by atoms with Gasteiger partial charge in [0, 0.05) is 36.4 Å². The molecule has 0 radical (unpaired) electrons. The van der Waals surface area contributed by atoms with Crippen LogP contribution in [-0.2, 0) is 20.8 Å². The van der Waals surface area contributed by atoms with Crippen LogP contribution in [0.4, 0.5) is 0 Å². The third-order valence-electron chi connectivity index (χ3n) is 6.93. The molecule has 7 heteroatoms. The average molecular weight is 450 g/mol. The highest BCUT2D eigenvalue weighted by atomic mass is 16.5. The van der Waals surface area contributed by atoms with Crippen LogP contribution in [0.1, 0.15) is 56.1 Å². The number of amides is 2. The van der Waals surface area contributed by atoms with Crippen LogP contribution in [0.3, 0.4) is 0 Å². The molecule has 4 rings (SSSR count). The topological polar surface area (TPSA) is 108 Å². The van der Waals surface area contributed by atoms with Crippen LogP contribution in [0.5, 0.6) is 5.75 Å². The van der Waals surface area contributed by atoms with Gasteiger partial charge in [-0.3, -0.25) is 14.4 Å². The molecule has 3 atom stereocenters. The van der Waals surface area contributed by atoms with E-state index < -0.39 is 12.0 Å². The van der Waals surface area contributed by atoms with Crippen molar-refractivity contribution in [3.63, 3.8) is 0 Å². The van der Waals surface area contributed by atoms with E-state index in [9.17, 15) is 19.6 Å². The first kappa shape index (κ1) is 23.0. The SMILES string of the molecule is COc1cccc2c1C=C(C(=O)NC(CC1CC1)C(=O)CC(C#N)CC1CCCNC1=O)C2. The minimum absolute atomic E-state index is 0.0278. The predicted octanol–water partition coefficient (Wildman–Crippen LogP) is 2.93. The Kier molecular flexibility index (Phi) is 7.12. The molecule has 3 unspecified atom stereocenters. The number of nitriles is 1. The molecule has 2 amide bonds. The van der Waals surface area contributed by atoms with Crippen LogP contribution in [0.15, 0.2) is 23.8 Å². The van der Waals surface area contributed by atoms with Crippen molar-refractivity contribution in [2.24, 2.45) is 17.8 Å². The fourth-order valence-corrected chi connectivity index (χ4v) is 4.84. The van der Waals surface area contributed by atoms with Gasteiger partial charge in [0.05, 0.1) is 25.1 Å². The third kappa shape index (κ3) is 5.62. The average Bonchev–Trinajstić information content (AvgIpc) is 3.53. The second-order valence-electron chi connectivity index (χ2n) is 9.45. The number of ether oxygens (including phenoxy) is 1. The van der Waals surface area contributed by atoms with Crippen LogP contribution in [0.25, 0.3) is 6.08 Å². The lowest BCUT2D eigenvalue weighted by atomic mass is 9.85. The number of rotatable bonds is 10. The Hall–Kier alpha value is -3.14. The number of hydrogen-bond acceptors (Lipinski definition) is 5. The second-order valence-corrected chi connectivity index (χ2v) is 9.45. The summed E-state index contributed by atoms with van der Waals surface area (Å²) in [6.07, 6.45) is 7.16. The first-order valence-corrected chi connectivity index (χ1v) is 11.9. The van der Waals surface area contributed by atoms with Crippen molar-refractivity contribution >= 4 is 23.7 Å². The maximum atomic E-state index is 13.2. The largest absolute Gasteiger partial charge is 0.496 e. The molecule has 3 aliphatic rings. The number of hydrogen-bond donors (Lipinski definition) is 2. The lowest BCUT2D eigenvalue weighted by Gasteiger charge is -2.24. The van der Waals surface area contributed by atoms with E-state index in [4.69, 9.17) is 4.74 Å². The van der Waals surface area contributed by atoms with Crippen molar-refractivity contribution in [2.75, 3.05) is 13.7 Å². The van der Waals surface area contributed by atoms with E-state index >= 15 is 0 Å². The Morgan fingerprint density at radius 3 is 2.79 bits per heavy atom. The molecule has 1 aromatic rings. The van der Waals surface area contributed by atoms with Gasteiger partial charge in [-0.1, -0.05) is 25.0 Å². The second kappa shape index (κ2) is 10.2. The molecule has 1 aliphatic heterocycles. The minimum atomic E-state index is -0.604. The van der Waals surface area contributed by atoms with Crippen LogP contribution in [0.2, 0.25) is 0 Å². The Balaban J connectivity index is 1.40. The highest BCUT2D eigenvalue weighted by molar-refractivity contribution is 6.03. The van der Waals surface area contributed by atoms with Crippen molar-refractivity contribution in [1.29, 1.82) is 5.26 Å². The van der Waals surface area contributed by atoms with E-state index in [0.717, 1.165) is 42.6 Å². The van der Waals surface area contributed by atoms with Crippen LogP contribution in [-0.4, -0.2) is 37.3 Å². The molecule has 2 aliphatic carbocycles. The summed E-state index contributed by atoms with van der Waals surface area (Å²) in [6.45, 7) is 0.673. The number of carbonyl (C=O) groups excluding carboxylic acids is 3. The normalized spacial score (nSPS) is 21.2. The first-order valence-electron chi connectivity index (χ1n) is 11.9. The number of methoxy groups -OCH3 is 1. The van der Waals surface area contributed by atoms with E-state index in [-0.39, 0.29) is 29.9 Å². The molecule has 7 nitrogen and oxygen atoms in total. The molecular weight excluding hydrogens is 418 g/mol. The fraction of sp³-hybridized carbons (Fsp3) is 0.538. The zero-order valence-electron chi connectivity index (χ0n) is 19.1. The zero-order chi connectivity index (χ0) is 23.4. The summed E-state index contributed by atoms with van der Waals surface area (Å²) in [4.78, 5) is 38.3. The number of ketones is 1.